The van der Waals surface area contributed by atoms with Gasteiger partial charge in [-0.3, -0.25) is 0 Å². The molecule has 0 amide bonds. The summed E-state index contributed by atoms with van der Waals surface area (Å²) in [6, 6.07) is 3.94. The lowest BCUT2D eigenvalue weighted by Crippen LogP contribution is -2.43. The van der Waals surface area contributed by atoms with E-state index in [1.165, 1.54) is 12.8 Å². The molecule has 14 heavy (non-hydrogen) atoms. The third-order valence-electron chi connectivity index (χ3n) is 2.93. The van der Waals surface area contributed by atoms with Gasteiger partial charge in [0.1, 0.15) is 0 Å². The van der Waals surface area contributed by atoms with Crippen molar-refractivity contribution in [3.05, 3.63) is 18.3 Å². The minimum Gasteiger partial charge on any atom is -0.371 e. The molecule has 1 aromatic heterocycles. The molecule has 0 N–H and O–H groups in total. The van der Waals surface area contributed by atoms with Crippen molar-refractivity contribution >= 4 is 5.82 Å². The van der Waals surface area contributed by atoms with Gasteiger partial charge in [-0.2, -0.15) is 5.10 Å². The average molecular weight is 191 g/mol. The fourth-order valence-electron chi connectivity index (χ4n) is 2.26. The van der Waals surface area contributed by atoms with Crippen LogP contribution >= 0.6 is 0 Å². The number of aromatic nitrogens is 2. The van der Waals surface area contributed by atoms with E-state index in [1.54, 1.807) is 6.20 Å². The molecule has 0 aliphatic carbocycles. The quantitative estimate of drug-likeness (QED) is 0.659. The first-order valence-electron chi connectivity index (χ1n) is 5.10. The summed E-state index contributed by atoms with van der Waals surface area (Å²) in [6.07, 6.45) is 4.92. The van der Waals surface area contributed by atoms with Crippen molar-refractivity contribution in [2.75, 3.05) is 18.0 Å². The molecule has 0 aromatic carbocycles. The van der Waals surface area contributed by atoms with Crippen molar-refractivity contribution in [2.24, 2.45) is 0 Å². The molecular weight excluding hydrogens is 178 g/mol. The highest BCUT2D eigenvalue weighted by atomic mass is 16.5. The standard InChI is InChI=1S/C10H13N3O/c1-2-10(12-11-5-1)13-6-8-3-4-9(7-13)14-8/h1-2,5,8-9H,3-4,6-7H2. The average Bonchev–Trinajstić information content (AvgIpc) is 2.59. The summed E-state index contributed by atoms with van der Waals surface area (Å²) < 4.78 is 5.76. The van der Waals surface area contributed by atoms with E-state index < -0.39 is 0 Å². The molecule has 2 atom stereocenters. The van der Waals surface area contributed by atoms with Crippen LogP contribution in [0.15, 0.2) is 18.3 Å². The van der Waals surface area contributed by atoms with Gasteiger partial charge in [-0.15, -0.1) is 5.10 Å². The minimum absolute atomic E-state index is 0.413. The number of ether oxygens (including phenoxy) is 1. The number of hydrogen-bond acceptors (Lipinski definition) is 4. The molecule has 3 heterocycles. The van der Waals surface area contributed by atoms with E-state index in [9.17, 15) is 0 Å². The molecule has 2 saturated heterocycles. The zero-order chi connectivity index (χ0) is 9.38. The summed E-state index contributed by atoms with van der Waals surface area (Å²) in [7, 11) is 0. The van der Waals surface area contributed by atoms with E-state index in [4.69, 9.17) is 4.74 Å². The summed E-state index contributed by atoms with van der Waals surface area (Å²) in [5, 5.41) is 8.02. The summed E-state index contributed by atoms with van der Waals surface area (Å²) in [4.78, 5) is 2.28. The fraction of sp³-hybridized carbons (Fsp3) is 0.600. The van der Waals surface area contributed by atoms with Crippen LogP contribution in [-0.2, 0) is 4.74 Å². The van der Waals surface area contributed by atoms with Crippen LogP contribution in [0.3, 0.4) is 0 Å². The normalized spacial score (nSPS) is 30.7. The van der Waals surface area contributed by atoms with E-state index in [1.807, 2.05) is 12.1 Å². The molecule has 0 spiro atoms. The number of rotatable bonds is 1. The first-order chi connectivity index (χ1) is 6.92. The van der Waals surface area contributed by atoms with Gasteiger partial charge in [0, 0.05) is 19.3 Å². The molecule has 0 saturated carbocycles. The predicted octanol–water partition coefficient (Wildman–Crippen LogP) is 0.844. The smallest absolute Gasteiger partial charge is 0.151 e. The maximum Gasteiger partial charge on any atom is 0.151 e. The highest BCUT2D eigenvalue weighted by molar-refractivity contribution is 5.37. The van der Waals surface area contributed by atoms with Crippen molar-refractivity contribution in [1.29, 1.82) is 0 Å². The zero-order valence-electron chi connectivity index (χ0n) is 7.97. The molecule has 2 fully saturated rings. The lowest BCUT2D eigenvalue weighted by Gasteiger charge is -2.32. The number of morpholine rings is 1. The van der Waals surface area contributed by atoms with Gasteiger partial charge in [-0.1, -0.05) is 0 Å². The Morgan fingerprint density at radius 2 is 2.07 bits per heavy atom. The van der Waals surface area contributed by atoms with Crippen LogP contribution in [0.5, 0.6) is 0 Å². The van der Waals surface area contributed by atoms with Gasteiger partial charge in [0.15, 0.2) is 5.82 Å². The van der Waals surface area contributed by atoms with Gasteiger partial charge < -0.3 is 9.64 Å². The second-order valence-electron chi connectivity index (χ2n) is 3.94. The SMILES string of the molecule is c1cnnc(N2CC3CCC(C2)O3)c1. The van der Waals surface area contributed by atoms with Crippen LogP contribution in [0.25, 0.3) is 0 Å². The summed E-state index contributed by atoms with van der Waals surface area (Å²) in [6.45, 7) is 1.93. The molecule has 2 unspecified atom stereocenters. The van der Waals surface area contributed by atoms with Crippen LogP contribution in [0.2, 0.25) is 0 Å². The Morgan fingerprint density at radius 1 is 1.29 bits per heavy atom. The van der Waals surface area contributed by atoms with E-state index in [0.717, 1.165) is 18.9 Å². The Balaban J connectivity index is 1.81. The second-order valence-corrected chi connectivity index (χ2v) is 3.94. The Kier molecular flexibility index (Phi) is 1.87. The van der Waals surface area contributed by atoms with Gasteiger partial charge in [-0.05, 0) is 25.0 Å². The molecule has 4 nitrogen and oxygen atoms in total. The lowest BCUT2D eigenvalue weighted by atomic mass is 10.2. The molecular formula is C10H13N3O. The number of anilines is 1. The van der Waals surface area contributed by atoms with E-state index in [2.05, 4.69) is 15.1 Å². The third kappa shape index (κ3) is 1.35. The molecule has 1 aromatic rings. The van der Waals surface area contributed by atoms with Crippen LogP contribution in [0, 0.1) is 0 Å². The highest BCUT2D eigenvalue weighted by Crippen LogP contribution is 2.28. The minimum atomic E-state index is 0.413. The molecule has 0 radical (unpaired) electrons. The summed E-state index contributed by atoms with van der Waals surface area (Å²) in [5.74, 6) is 0.979. The molecule has 2 aliphatic rings. The van der Waals surface area contributed by atoms with Crippen LogP contribution in [-0.4, -0.2) is 35.5 Å². The Bertz CT molecular complexity index is 304. The van der Waals surface area contributed by atoms with Gasteiger partial charge in [0.05, 0.1) is 12.2 Å². The lowest BCUT2D eigenvalue weighted by molar-refractivity contribution is 0.0302. The largest absolute Gasteiger partial charge is 0.371 e. The van der Waals surface area contributed by atoms with Crippen LogP contribution in [0.1, 0.15) is 12.8 Å². The van der Waals surface area contributed by atoms with Gasteiger partial charge in [0.25, 0.3) is 0 Å². The van der Waals surface area contributed by atoms with E-state index in [-0.39, 0.29) is 0 Å². The molecule has 2 bridgehead atoms. The summed E-state index contributed by atoms with van der Waals surface area (Å²) in [5.41, 5.74) is 0. The molecule has 2 aliphatic heterocycles. The number of fused-ring (bicyclic) bond motifs is 2. The Morgan fingerprint density at radius 3 is 2.71 bits per heavy atom. The van der Waals surface area contributed by atoms with Crippen LogP contribution in [0.4, 0.5) is 5.82 Å². The molecule has 4 heteroatoms. The number of nitrogens with zero attached hydrogens (tertiary/aromatic N) is 3. The Labute approximate surface area is 82.9 Å². The van der Waals surface area contributed by atoms with E-state index in [0.29, 0.717) is 12.2 Å². The highest BCUT2D eigenvalue weighted by Gasteiger charge is 2.34. The van der Waals surface area contributed by atoms with E-state index >= 15 is 0 Å². The van der Waals surface area contributed by atoms with Crippen molar-refractivity contribution in [3.63, 3.8) is 0 Å². The number of hydrogen-bond donors (Lipinski definition) is 0. The van der Waals surface area contributed by atoms with Gasteiger partial charge in [-0.25, -0.2) is 0 Å². The Hall–Kier alpha value is -1.16. The topological polar surface area (TPSA) is 38.2 Å². The zero-order valence-corrected chi connectivity index (χ0v) is 7.97. The maximum absolute atomic E-state index is 5.76. The van der Waals surface area contributed by atoms with Gasteiger partial charge in [0.2, 0.25) is 0 Å². The monoisotopic (exact) mass is 191 g/mol. The molecule has 3 rings (SSSR count). The molecule has 74 valence electrons. The second kappa shape index (κ2) is 3.20. The third-order valence-corrected chi connectivity index (χ3v) is 2.93. The predicted molar refractivity (Wildman–Crippen MR) is 52.1 cm³/mol. The van der Waals surface area contributed by atoms with Crippen molar-refractivity contribution < 1.29 is 4.74 Å². The fourth-order valence-corrected chi connectivity index (χ4v) is 2.26. The maximum atomic E-state index is 5.76. The van der Waals surface area contributed by atoms with Crippen molar-refractivity contribution in [1.82, 2.24) is 10.2 Å². The van der Waals surface area contributed by atoms with Gasteiger partial charge >= 0.3 is 0 Å². The summed E-state index contributed by atoms with van der Waals surface area (Å²) >= 11 is 0. The first-order valence-corrected chi connectivity index (χ1v) is 5.10. The van der Waals surface area contributed by atoms with Crippen molar-refractivity contribution in [2.45, 2.75) is 25.0 Å². The van der Waals surface area contributed by atoms with Crippen molar-refractivity contribution in [3.8, 4) is 0 Å². The first kappa shape index (κ1) is 8.17. The van der Waals surface area contributed by atoms with Crippen LogP contribution < -0.4 is 4.90 Å².